The maximum absolute atomic E-state index is 11.4. The second-order valence-corrected chi connectivity index (χ2v) is 4.64. The van der Waals surface area contributed by atoms with Gasteiger partial charge in [-0.25, -0.2) is 0 Å². The highest BCUT2D eigenvalue weighted by Gasteiger charge is 2.08. The van der Waals surface area contributed by atoms with E-state index >= 15 is 0 Å². The molecule has 0 aliphatic carbocycles. The average Bonchev–Trinajstić information content (AvgIpc) is 2.21. The minimum atomic E-state index is 0.0418. The lowest BCUT2D eigenvalue weighted by atomic mass is 10.2. The first-order valence-corrected chi connectivity index (χ1v) is 5.86. The summed E-state index contributed by atoms with van der Waals surface area (Å²) >= 11 is 12.0. The number of nitrogens with two attached hydrogens (primary N) is 1. The lowest BCUT2D eigenvalue weighted by Gasteiger charge is -2.13. The normalized spacial score (nSPS) is 10.1. The largest absolute Gasteiger partial charge is 0.399 e. The number of amides is 1. The van der Waals surface area contributed by atoms with Gasteiger partial charge in [0, 0.05) is 32.7 Å². The summed E-state index contributed by atoms with van der Waals surface area (Å²) in [4.78, 5) is 12.9. The Hall–Kier alpha value is -1.13. The summed E-state index contributed by atoms with van der Waals surface area (Å²) < 4.78 is 0. The van der Waals surface area contributed by atoms with Gasteiger partial charge in [-0.15, -0.1) is 0 Å². The standard InChI is InChI=1S/C11H15Cl2N3O/c1-16(2)10(17)3-4-15-11-8(12)5-7(14)6-9(11)13/h5-6,15H,3-4,14H2,1-2H3. The zero-order chi connectivity index (χ0) is 13.0. The van der Waals surface area contributed by atoms with Crippen LogP contribution in [-0.2, 0) is 4.79 Å². The number of rotatable bonds is 4. The molecule has 0 aromatic heterocycles. The van der Waals surface area contributed by atoms with Gasteiger partial charge in [0.15, 0.2) is 0 Å². The molecule has 0 unspecified atom stereocenters. The number of carbonyl (C=O) groups excluding carboxylic acids is 1. The van der Waals surface area contributed by atoms with Gasteiger partial charge >= 0.3 is 0 Å². The predicted octanol–water partition coefficient (Wildman–Crippen LogP) is 2.47. The van der Waals surface area contributed by atoms with E-state index in [0.29, 0.717) is 34.4 Å². The van der Waals surface area contributed by atoms with Crippen LogP contribution >= 0.6 is 23.2 Å². The van der Waals surface area contributed by atoms with E-state index in [-0.39, 0.29) is 5.91 Å². The van der Waals surface area contributed by atoms with Crippen LogP contribution in [0.3, 0.4) is 0 Å². The van der Waals surface area contributed by atoms with Crippen molar-refractivity contribution in [1.82, 2.24) is 4.90 Å². The van der Waals surface area contributed by atoms with Crippen molar-refractivity contribution in [2.75, 3.05) is 31.7 Å². The second-order valence-electron chi connectivity index (χ2n) is 3.82. The van der Waals surface area contributed by atoms with E-state index < -0.39 is 0 Å². The Labute approximate surface area is 111 Å². The molecule has 3 N–H and O–H groups in total. The number of nitrogens with one attached hydrogen (secondary N) is 1. The summed E-state index contributed by atoms with van der Waals surface area (Å²) in [5.74, 6) is 0.0418. The third kappa shape index (κ3) is 3.98. The number of nitrogen functional groups attached to an aromatic ring is 1. The van der Waals surface area contributed by atoms with Crippen LogP contribution in [0.5, 0.6) is 0 Å². The first-order chi connectivity index (χ1) is 7.91. The van der Waals surface area contributed by atoms with Gasteiger partial charge in [0.2, 0.25) is 5.91 Å². The molecule has 6 heteroatoms. The first kappa shape index (κ1) is 13.9. The van der Waals surface area contributed by atoms with Gasteiger partial charge in [0.05, 0.1) is 15.7 Å². The third-order valence-electron chi connectivity index (χ3n) is 2.20. The number of hydrogen-bond acceptors (Lipinski definition) is 3. The monoisotopic (exact) mass is 275 g/mol. The van der Waals surface area contributed by atoms with Gasteiger partial charge in [-0.05, 0) is 12.1 Å². The van der Waals surface area contributed by atoms with Crippen molar-refractivity contribution < 1.29 is 4.79 Å². The fraction of sp³-hybridized carbons (Fsp3) is 0.364. The van der Waals surface area contributed by atoms with E-state index in [1.54, 1.807) is 26.2 Å². The van der Waals surface area contributed by atoms with Gasteiger partial charge in [-0.2, -0.15) is 0 Å². The molecule has 0 atom stereocenters. The summed E-state index contributed by atoms with van der Waals surface area (Å²) in [6.45, 7) is 0.473. The lowest BCUT2D eigenvalue weighted by Crippen LogP contribution is -2.24. The van der Waals surface area contributed by atoms with Gasteiger partial charge in [0.25, 0.3) is 0 Å². The molecule has 0 saturated heterocycles. The van der Waals surface area contributed by atoms with Crippen LogP contribution in [0.2, 0.25) is 10.0 Å². The quantitative estimate of drug-likeness (QED) is 0.830. The van der Waals surface area contributed by atoms with E-state index in [9.17, 15) is 4.79 Å². The molecule has 0 saturated carbocycles. The molecule has 94 valence electrons. The van der Waals surface area contributed by atoms with Crippen LogP contribution in [0.15, 0.2) is 12.1 Å². The van der Waals surface area contributed by atoms with E-state index in [1.807, 2.05) is 0 Å². The van der Waals surface area contributed by atoms with Gasteiger partial charge in [-0.3, -0.25) is 4.79 Å². The van der Waals surface area contributed by atoms with Crippen molar-refractivity contribution >= 4 is 40.5 Å². The molecule has 0 spiro atoms. The van der Waals surface area contributed by atoms with Crippen molar-refractivity contribution in [3.8, 4) is 0 Å². The maximum Gasteiger partial charge on any atom is 0.223 e. The molecular formula is C11H15Cl2N3O. The van der Waals surface area contributed by atoms with Crippen LogP contribution in [-0.4, -0.2) is 31.4 Å². The fourth-order valence-corrected chi connectivity index (χ4v) is 1.92. The van der Waals surface area contributed by atoms with Crippen molar-refractivity contribution in [2.45, 2.75) is 6.42 Å². The Morgan fingerprint density at radius 1 is 1.35 bits per heavy atom. The number of carbonyl (C=O) groups is 1. The van der Waals surface area contributed by atoms with Gasteiger partial charge in [-0.1, -0.05) is 23.2 Å². The Bertz CT molecular complexity index is 398. The highest BCUT2D eigenvalue weighted by atomic mass is 35.5. The highest BCUT2D eigenvalue weighted by Crippen LogP contribution is 2.32. The molecule has 0 aliphatic heterocycles. The molecular weight excluding hydrogens is 261 g/mol. The summed E-state index contributed by atoms with van der Waals surface area (Å²) in [5, 5.41) is 3.93. The number of nitrogens with zero attached hydrogens (tertiary/aromatic N) is 1. The molecule has 4 nitrogen and oxygen atoms in total. The van der Waals surface area contributed by atoms with Crippen LogP contribution < -0.4 is 11.1 Å². The topological polar surface area (TPSA) is 58.4 Å². The Kier molecular flexibility index (Phi) is 4.90. The summed E-state index contributed by atoms with van der Waals surface area (Å²) in [6, 6.07) is 3.23. The molecule has 0 heterocycles. The third-order valence-corrected chi connectivity index (χ3v) is 2.80. The molecule has 1 aromatic carbocycles. The Balaban J connectivity index is 2.61. The van der Waals surface area contributed by atoms with Crippen LogP contribution in [0.4, 0.5) is 11.4 Å². The highest BCUT2D eigenvalue weighted by molar-refractivity contribution is 6.39. The van der Waals surface area contributed by atoms with Crippen molar-refractivity contribution in [1.29, 1.82) is 0 Å². The Morgan fingerprint density at radius 3 is 2.35 bits per heavy atom. The van der Waals surface area contributed by atoms with Gasteiger partial charge in [0.1, 0.15) is 0 Å². The van der Waals surface area contributed by atoms with Crippen molar-refractivity contribution in [3.63, 3.8) is 0 Å². The van der Waals surface area contributed by atoms with Crippen LogP contribution in [0.1, 0.15) is 6.42 Å². The smallest absolute Gasteiger partial charge is 0.223 e. The minimum Gasteiger partial charge on any atom is -0.399 e. The lowest BCUT2D eigenvalue weighted by molar-refractivity contribution is -0.128. The molecule has 0 radical (unpaired) electrons. The summed E-state index contributed by atoms with van der Waals surface area (Å²) in [5.41, 5.74) is 6.70. The SMILES string of the molecule is CN(C)C(=O)CCNc1c(Cl)cc(N)cc1Cl. The molecule has 17 heavy (non-hydrogen) atoms. The summed E-state index contributed by atoms with van der Waals surface area (Å²) in [6.07, 6.45) is 0.379. The van der Waals surface area contributed by atoms with E-state index in [2.05, 4.69) is 5.32 Å². The Morgan fingerprint density at radius 2 is 1.88 bits per heavy atom. The molecule has 1 rings (SSSR count). The molecule has 1 amide bonds. The zero-order valence-electron chi connectivity index (χ0n) is 9.76. The van der Waals surface area contributed by atoms with E-state index in [1.165, 1.54) is 4.90 Å². The van der Waals surface area contributed by atoms with Crippen LogP contribution in [0.25, 0.3) is 0 Å². The van der Waals surface area contributed by atoms with Gasteiger partial charge < -0.3 is 16.0 Å². The minimum absolute atomic E-state index is 0.0418. The summed E-state index contributed by atoms with van der Waals surface area (Å²) in [7, 11) is 3.43. The first-order valence-electron chi connectivity index (χ1n) is 5.10. The number of hydrogen-bond donors (Lipinski definition) is 2. The number of anilines is 2. The molecule has 1 aromatic rings. The molecule has 0 fully saturated rings. The van der Waals surface area contributed by atoms with E-state index in [0.717, 1.165) is 0 Å². The maximum atomic E-state index is 11.4. The van der Waals surface area contributed by atoms with Crippen molar-refractivity contribution in [2.24, 2.45) is 0 Å². The molecule has 0 aliphatic rings. The predicted molar refractivity (Wildman–Crippen MR) is 72.7 cm³/mol. The molecule has 0 bridgehead atoms. The number of halogens is 2. The second kappa shape index (κ2) is 5.98. The van der Waals surface area contributed by atoms with Crippen molar-refractivity contribution in [3.05, 3.63) is 22.2 Å². The number of benzene rings is 1. The average molecular weight is 276 g/mol. The zero-order valence-corrected chi connectivity index (χ0v) is 11.3. The van der Waals surface area contributed by atoms with E-state index in [4.69, 9.17) is 28.9 Å². The fourth-order valence-electron chi connectivity index (χ4n) is 1.28. The van der Waals surface area contributed by atoms with Crippen LogP contribution in [0, 0.1) is 0 Å².